The van der Waals surface area contributed by atoms with Crippen LogP contribution in [0.25, 0.3) is 5.69 Å². The molecule has 3 aromatic rings. The lowest BCUT2D eigenvalue weighted by molar-refractivity contribution is -0.115. The second-order valence-electron chi connectivity index (χ2n) is 5.01. The summed E-state index contributed by atoms with van der Waals surface area (Å²) in [5, 5.41) is 9.28. The number of carbonyl (C=O) groups excluding carboxylic acids is 2. The van der Waals surface area contributed by atoms with Gasteiger partial charge in [-0.3, -0.25) is 14.6 Å². The Morgan fingerprint density at radius 3 is 2.60 bits per heavy atom. The van der Waals surface area contributed by atoms with Gasteiger partial charge in [-0.2, -0.15) is 5.10 Å². The summed E-state index contributed by atoms with van der Waals surface area (Å²) < 4.78 is 2.30. The highest BCUT2D eigenvalue weighted by Crippen LogP contribution is 2.12. The maximum absolute atomic E-state index is 12.0. The minimum Gasteiger partial charge on any atom is -0.343 e. The van der Waals surface area contributed by atoms with Crippen LogP contribution in [0.3, 0.4) is 0 Å². The highest BCUT2D eigenvalue weighted by molar-refractivity contribution is 9.10. The van der Waals surface area contributed by atoms with Crippen LogP contribution < -0.4 is 10.6 Å². The van der Waals surface area contributed by atoms with Gasteiger partial charge in [-0.05, 0) is 46.3 Å². The fourth-order valence-electron chi connectivity index (χ4n) is 2.04. The zero-order chi connectivity index (χ0) is 17.6. The SMILES string of the molecule is O=C(CNC(=O)c1cncc(Br)c1)Nc1ccc(-n2cncn2)cc1. The summed E-state index contributed by atoms with van der Waals surface area (Å²) in [4.78, 5) is 31.7. The number of carbonyl (C=O) groups is 2. The van der Waals surface area contributed by atoms with Crippen LogP contribution in [0.4, 0.5) is 5.69 Å². The quantitative estimate of drug-likeness (QED) is 0.679. The summed E-state index contributed by atoms with van der Waals surface area (Å²) >= 11 is 3.24. The van der Waals surface area contributed by atoms with Gasteiger partial charge in [0.25, 0.3) is 5.91 Å². The zero-order valence-corrected chi connectivity index (χ0v) is 14.5. The molecule has 2 aromatic heterocycles. The number of nitrogens with one attached hydrogen (secondary N) is 2. The molecule has 2 heterocycles. The van der Waals surface area contributed by atoms with Gasteiger partial charge in [-0.25, -0.2) is 9.67 Å². The van der Waals surface area contributed by atoms with Gasteiger partial charge in [-0.1, -0.05) is 0 Å². The lowest BCUT2D eigenvalue weighted by Gasteiger charge is -2.08. The number of halogens is 1. The third-order valence-electron chi connectivity index (χ3n) is 3.21. The standard InChI is InChI=1S/C16H13BrN6O2/c17-12-5-11(6-18-7-12)16(25)20-8-15(24)22-13-1-3-14(4-2-13)23-10-19-9-21-23/h1-7,9-10H,8H2,(H,20,25)(H,22,24). The van der Waals surface area contributed by atoms with Crippen molar-refractivity contribution in [2.75, 3.05) is 11.9 Å². The first kappa shape index (κ1) is 16.8. The van der Waals surface area contributed by atoms with Gasteiger partial charge in [-0.15, -0.1) is 0 Å². The molecule has 0 bridgehead atoms. The van der Waals surface area contributed by atoms with E-state index >= 15 is 0 Å². The first-order valence-electron chi connectivity index (χ1n) is 7.25. The maximum Gasteiger partial charge on any atom is 0.253 e. The van der Waals surface area contributed by atoms with Crippen molar-refractivity contribution >= 4 is 33.4 Å². The van der Waals surface area contributed by atoms with Crippen LogP contribution in [0.5, 0.6) is 0 Å². The highest BCUT2D eigenvalue weighted by Gasteiger charge is 2.09. The van der Waals surface area contributed by atoms with Gasteiger partial charge in [0.1, 0.15) is 12.7 Å². The largest absolute Gasteiger partial charge is 0.343 e. The average molecular weight is 401 g/mol. The number of anilines is 1. The second kappa shape index (κ2) is 7.67. The van der Waals surface area contributed by atoms with E-state index in [9.17, 15) is 9.59 Å². The number of aromatic nitrogens is 4. The van der Waals surface area contributed by atoms with Crippen molar-refractivity contribution in [1.82, 2.24) is 25.1 Å². The van der Waals surface area contributed by atoms with E-state index in [1.807, 2.05) is 0 Å². The smallest absolute Gasteiger partial charge is 0.253 e. The molecule has 0 saturated heterocycles. The fourth-order valence-corrected chi connectivity index (χ4v) is 2.41. The third-order valence-corrected chi connectivity index (χ3v) is 3.64. The summed E-state index contributed by atoms with van der Waals surface area (Å²) in [5.74, 6) is -0.699. The number of benzene rings is 1. The number of amides is 2. The van der Waals surface area contributed by atoms with Crippen LogP contribution in [-0.2, 0) is 4.79 Å². The normalized spacial score (nSPS) is 10.3. The molecular formula is C16H13BrN6O2. The van der Waals surface area contributed by atoms with Crippen molar-refractivity contribution < 1.29 is 9.59 Å². The summed E-state index contributed by atoms with van der Waals surface area (Å²) in [7, 11) is 0. The van der Waals surface area contributed by atoms with E-state index in [4.69, 9.17) is 0 Å². The molecule has 2 N–H and O–H groups in total. The van der Waals surface area contributed by atoms with Crippen LogP contribution in [0.2, 0.25) is 0 Å². The van der Waals surface area contributed by atoms with Gasteiger partial charge in [0.15, 0.2) is 0 Å². The van der Waals surface area contributed by atoms with Gasteiger partial charge in [0, 0.05) is 22.6 Å². The Balaban J connectivity index is 1.53. The van der Waals surface area contributed by atoms with Crippen molar-refractivity contribution in [3.05, 3.63) is 65.4 Å². The first-order chi connectivity index (χ1) is 12.1. The third kappa shape index (κ3) is 4.48. The molecule has 126 valence electrons. The van der Waals surface area contributed by atoms with Crippen molar-refractivity contribution in [3.8, 4) is 5.69 Å². The molecule has 2 amide bonds. The minimum atomic E-state index is -0.370. The number of rotatable bonds is 5. The van der Waals surface area contributed by atoms with Crippen LogP contribution >= 0.6 is 15.9 Å². The molecule has 8 nitrogen and oxygen atoms in total. The summed E-state index contributed by atoms with van der Waals surface area (Å²) in [5.41, 5.74) is 1.82. The Hall–Kier alpha value is -3.07. The van der Waals surface area contributed by atoms with E-state index < -0.39 is 0 Å². The molecule has 1 aromatic carbocycles. The number of nitrogens with zero attached hydrogens (tertiary/aromatic N) is 4. The van der Waals surface area contributed by atoms with E-state index in [-0.39, 0.29) is 18.4 Å². The van der Waals surface area contributed by atoms with E-state index in [1.165, 1.54) is 12.5 Å². The predicted molar refractivity (Wildman–Crippen MR) is 94.3 cm³/mol. The molecular weight excluding hydrogens is 388 g/mol. The highest BCUT2D eigenvalue weighted by atomic mass is 79.9. The summed E-state index contributed by atoms with van der Waals surface area (Å²) in [6.45, 7) is -0.143. The summed E-state index contributed by atoms with van der Waals surface area (Å²) in [6, 6.07) is 8.72. The molecule has 3 rings (SSSR count). The molecule has 0 spiro atoms. The zero-order valence-electron chi connectivity index (χ0n) is 12.9. The summed E-state index contributed by atoms with van der Waals surface area (Å²) in [6.07, 6.45) is 6.03. The Labute approximate surface area is 151 Å². The Bertz CT molecular complexity index is 880. The second-order valence-corrected chi connectivity index (χ2v) is 5.93. The monoisotopic (exact) mass is 400 g/mol. The van der Waals surface area contributed by atoms with Crippen molar-refractivity contribution in [2.45, 2.75) is 0 Å². The Morgan fingerprint density at radius 1 is 1.12 bits per heavy atom. The van der Waals surface area contributed by atoms with E-state index in [0.29, 0.717) is 15.7 Å². The molecule has 9 heteroatoms. The van der Waals surface area contributed by atoms with E-state index in [1.54, 1.807) is 47.5 Å². The molecule has 25 heavy (non-hydrogen) atoms. The van der Waals surface area contributed by atoms with Crippen molar-refractivity contribution in [2.24, 2.45) is 0 Å². The van der Waals surface area contributed by atoms with Crippen molar-refractivity contribution in [1.29, 1.82) is 0 Å². The average Bonchev–Trinajstić information content (AvgIpc) is 3.15. The van der Waals surface area contributed by atoms with Gasteiger partial charge >= 0.3 is 0 Å². The van der Waals surface area contributed by atoms with Crippen LogP contribution in [-0.4, -0.2) is 38.1 Å². The van der Waals surface area contributed by atoms with Gasteiger partial charge in [0.2, 0.25) is 5.91 Å². The molecule has 0 unspecified atom stereocenters. The number of pyridine rings is 1. The molecule has 0 aliphatic rings. The van der Waals surface area contributed by atoms with Crippen LogP contribution in [0, 0.1) is 0 Å². The molecule has 0 atom stereocenters. The maximum atomic E-state index is 12.0. The minimum absolute atomic E-state index is 0.143. The first-order valence-corrected chi connectivity index (χ1v) is 8.05. The van der Waals surface area contributed by atoms with Crippen LogP contribution in [0.15, 0.2) is 59.9 Å². The fraction of sp³-hybridized carbons (Fsp3) is 0.0625. The van der Waals surface area contributed by atoms with Crippen molar-refractivity contribution in [3.63, 3.8) is 0 Å². The van der Waals surface area contributed by atoms with Gasteiger partial charge < -0.3 is 10.6 Å². The predicted octanol–water partition coefficient (Wildman–Crippen LogP) is 1.79. The molecule has 0 fully saturated rings. The number of hydrogen-bond donors (Lipinski definition) is 2. The lowest BCUT2D eigenvalue weighted by atomic mass is 10.2. The Morgan fingerprint density at radius 2 is 1.92 bits per heavy atom. The van der Waals surface area contributed by atoms with Crippen LogP contribution in [0.1, 0.15) is 10.4 Å². The lowest BCUT2D eigenvalue weighted by Crippen LogP contribution is -2.32. The Kier molecular flexibility index (Phi) is 5.14. The van der Waals surface area contributed by atoms with E-state index in [0.717, 1.165) is 5.69 Å². The topological polar surface area (TPSA) is 102 Å². The van der Waals surface area contributed by atoms with Gasteiger partial charge in [0.05, 0.1) is 17.8 Å². The number of hydrogen-bond acceptors (Lipinski definition) is 5. The molecule has 0 saturated carbocycles. The molecule has 0 radical (unpaired) electrons. The van der Waals surface area contributed by atoms with E-state index in [2.05, 4.69) is 41.6 Å². The molecule has 0 aliphatic carbocycles. The molecule has 0 aliphatic heterocycles.